The lowest BCUT2D eigenvalue weighted by Gasteiger charge is -2.55. The fourth-order valence-electron chi connectivity index (χ4n) is 3.48. The highest BCUT2D eigenvalue weighted by Crippen LogP contribution is 2.41. The standard InChI is InChI=1S/C18H26N2O4S/c1-5-6-14-7-9-15(10-8-14)18-16(11-19(3)25(4,23)24)20(13(2)22)17(18)12-21/h5-10,16-18,21H,11-12H2,1-4H3/b6-5+/t16-,17+,18+/m0/s1. The number of amides is 1. The highest BCUT2D eigenvalue weighted by molar-refractivity contribution is 7.88. The second-order valence-electron chi connectivity index (χ2n) is 6.48. The summed E-state index contributed by atoms with van der Waals surface area (Å²) in [6.45, 7) is 3.45. The minimum atomic E-state index is -3.34. The second-order valence-corrected chi connectivity index (χ2v) is 8.57. The number of benzene rings is 1. The molecule has 1 aromatic rings. The number of sulfonamides is 1. The maximum atomic E-state index is 12.0. The molecule has 0 bridgehead atoms. The van der Waals surface area contributed by atoms with Crippen LogP contribution < -0.4 is 0 Å². The molecule has 0 unspecified atom stereocenters. The molecule has 1 N–H and O–H groups in total. The molecule has 1 heterocycles. The number of aliphatic hydroxyl groups is 1. The van der Waals surface area contributed by atoms with Crippen LogP contribution in [0.15, 0.2) is 30.3 Å². The first-order valence-electron chi connectivity index (χ1n) is 8.24. The van der Waals surface area contributed by atoms with Crippen LogP contribution in [-0.4, -0.2) is 67.2 Å². The molecule has 1 fully saturated rings. The number of likely N-dealkylation sites (tertiary alicyclic amines) is 1. The molecule has 1 aliphatic heterocycles. The lowest BCUT2D eigenvalue weighted by Crippen LogP contribution is -2.68. The number of nitrogens with zero attached hydrogens (tertiary/aromatic N) is 2. The minimum absolute atomic E-state index is 0.0993. The van der Waals surface area contributed by atoms with Gasteiger partial charge in [-0.15, -0.1) is 0 Å². The van der Waals surface area contributed by atoms with Gasteiger partial charge in [-0.2, -0.15) is 0 Å². The van der Waals surface area contributed by atoms with Crippen LogP contribution in [0.25, 0.3) is 6.08 Å². The van der Waals surface area contributed by atoms with Gasteiger partial charge in [-0.25, -0.2) is 12.7 Å². The van der Waals surface area contributed by atoms with E-state index < -0.39 is 10.0 Å². The summed E-state index contributed by atoms with van der Waals surface area (Å²) < 4.78 is 24.8. The number of allylic oxidation sites excluding steroid dienone is 1. The van der Waals surface area contributed by atoms with Crippen molar-refractivity contribution in [2.45, 2.75) is 31.8 Å². The second kappa shape index (κ2) is 7.68. The van der Waals surface area contributed by atoms with Gasteiger partial charge in [-0.1, -0.05) is 36.4 Å². The highest BCUT2D eigenvalue weighted by Gasteiger charge is 2.50. The van der Waals surface area contributed by atoms with Crippen LogP contribution in [-0.2, 0) is 14.8 Å². The van der Waals surface area contributed by atoms with Crippen molar-refractivity contribution in [3.8, 4) is 0 Å². The largest absolute Gasteiger partial charge is 0.394 e. The van der Waals surface area contributed by atoms with Gasteiger partial charge in [0.2, 0.25) is 15.9 Å². The van der Waals surface area contributed by atoms with Crippen molar-refractivity contribution >= 4 is 22.0 Å². The molecule has 1 aromatic carbocycles. The van der Waals surface area contributed by atoms with Gasteiger partial charge >= 0.3 is 0 Å². The van der Waals surface area contributed by atoms with E-state index in [1.54, 1.807) is 4.90 Å². The monoisotopic (exact) mass is 366 g/mol. The Morgan fingerprint density at radius 3 is 2.32 bits per heavy atom. The quantitative estimate of drug-likeness (QED) is 0.823. The van der Waals surface area contributed by atoms with Crippen LogP contribution in [0, 0.1) is 0 Å². The predicted molar refractivity (Wildman–Crippen MR) is 98.5 cm³/mol. The van der Waals surface area contributed by atoms with E-state index in [1.165, 1.54) is 18.3 Å². The van der Waals surface area contributed by atoms with Gasteiger partial charge in [0.25, 0.3) is 0 Å². The summed E-state index contributed by atoms with van der Waals surface area (Å²) in [6, 6.07) is 7.31. The third-order valence-electron chi connectivity index (χ3n) is 4.79. The van der Waals surface area contributed by atoms with Crippen molar-refractivity contribution in [2.24, 2.45) is 0 Å². The average molecular weight is 366 g/mol. The molecule has 1 aliphatic rings. The van der Waals surface area contributed by atoms with Crippen molar-refractivity contribution in [1.29, 1.82) is 0 Å². The lowest BCUT2D eigenvalue weighted by atomic mass is 9.75. The van der Waals surface area contributed by atoms with Gasteiger partial charge in [0, 0.05) is 26.4 Å². The number of hydrogen-bond acceptors (Lipinski definition) is 4. The Kier molecular flexibility index (Phi) is 6.03. The molecular formula is C18H26N2O4S. The third kappa shape index (κ3) is 4.11. The van der Waals surface area contributed by atoms with E-state index in [-0.39, 0.29) is 37.1 Å². The topological polar surface area (TPSA) is 77.9 Å². The van der Waals surface area contributed by atoms with Crippen LogP contribution in [0.3, 0.4) is 0 Å². The molecule has 0 aliphatic carbocycles. The summed E-state index contributed by atoms with van der Waals surface area (Å²) in [4.78, 5) is 13.6. The van der Waals surface area contributed by atoms with E-state index >= 15 is 0 Å². The minimum Gasteiger partial charge on any atom is -0.394 e. The SMILES string of the molecule is C/C=C/c1ccc([C@H]2[C@@H](CO)N(C(C)=O)[C@H]2CN(C)S(C)(=O)=O)cc1. The molecule has 6 nitrogen and oxygen atoms in total. The van der Waals surface area contributed by atoms with Crippen LogP contribution in [0.4, 0.5) is 0 Å². The van der Waals surface area contributed by atoms with Crippen molar-refractivity contribution in [3.63, 3.8) is 0 Å². The molecule has 0 radical (unpaired) electrons. The number of rotatable bonds is 6. The molecule has 1 saturated heterocycles. The van der Waals surface area contributed by atoms with Crippen molar-refractivity contribution in [1.82, 2.24) is 9.21 Å². The molecule has 138 valence electrons. The summed E-state index contributed by atoms with van der Waals surface area (Å²) in [5.41, 5.74) is 2.07. The smallest absolute Gasteiger partial charge is 0.220 e. The van der Waals surface area contributed by atoms with Gasteiger partial charge in [-0.05, 0) is 18.1 Å². The maximum absolute atomic E-state index is 12.0. The number of hydrogen-bond donors (Lipinski definition) is 1. The first-order chi connectivity index (χ1) is 11.7. The zero-order chi connectivity index (χ0) is 18.8. The van der Waals surface area contributed by atoms with Crippen molar-refractivity contribution < 1.29 is 18.3 Å². The summed E-state index contributed by atoms with van der Waals surface area (Å²) in [5, 5.41) is 9.75. The molecule has 1 amide bonds. The normalized spacial score (nSPS) is 23.9. The van der Waals surface area contributed by atoms with E-state index in [9.17, 15) is 18.3 Å². The number of likely N-dealkylation sites (N-methyl/N-ethyl adjacent to an activating group) is 1. The fourth-order valence-corrected chi connectivity index (χ4v) is 3.91. The first-order valence-corrected chi connectivity index (χ1v) is 10.1. The zero-order valence-corrected chi connectivity index (χ0v) is 15.9. The Hall–Kier alpha value is -1.70. The van der Waals surface area contributed by atoms with Gasteiger partial charge in [0.15, 0.2) is 0 Å². The van der Waals surface area contributed by atoms with Crippen LogP contribution >= 0.6 is 0 Å². The number of carbonyl (C=O) groups is 1. The van der Waals surface area contributed by atoms with Crippen LogP contribution in [0.2, 0.25) is 0 Å². The van der Waals surface area contributed by atoms with Gasteiger partial charge in [0.05, 0.1) is 24.9 Å². The Bertz CT molecular complexity index is 743. The van der Waals surface area contributed by atoms with E-state index in [0.717, 1.165) is 17.4 Å². The van der Waals surface area contributed by atoms with E-state index in [0.29, 0.717) is 0 Å². The highest BCUT2D eigenvalue weighted by atomic mass is 32.2. The van der Waals surface area contributed by atoms with E-state index in [4.69, 9.17) is 0 Å². The summed E-state index contributed by atoms with van der Waals surface area (Å²) >= 11 is 0. The predicted octanol–water partition coefficient (Wildman–Crippen LogP) is 1.29. The van der Waals surface area contributed by atoms with Crippen molar-refractivity contribution in [3.05, 3.63) is 41.5 Å². The van der Waals surface area contributed by atoms with Gasteiger partial charge in [0.1, 0.15) is 0 Å². The lowest BCUT2D eigenvalue weighted by molar-refractivity contribution is -0.148. The summed E-state index contributed by atoms with van der Waals surface area (Å²) in [5.74, 6) is -0.259. The summed E-state index contributed by atoms with van der Waals surface area (Å²) in [6.07, 6.45) is 5.09. The number of aliphatic hydroxyl groups excluding tert-OH is 1. The Morgan fingerprint density at radius 2 is 1.88 bits per heavy atom. The Morgan fingerprint density at radius 1 is 1.28 bits per heavy atom. The zero-order valence-electron chi connectivity index (χ0n) is 15.1. The molecule has 0 spiro atoms. The first kappa shape index (κ1) is 19.6. The van der Waals surface area contributed by atoms with Gasteiger partial charge < -0.3 is 10.0 Å². The molecule has 2 rings (SSSR count). The fraction of sp³-hybridized carbons (Fsp3) is 0.500. The van der Waals surface area contributed by atoms with Crippen LogP contribution in [0.5, 0.6) is 0 Å². The Labute approximate surface area is 149 Å². The third-order valence-corrected chi connectivity index (χ3v) is 6.07. The van der Waals surface area contributed by atoms with Crippen molar-refractivity contribution in [2.75, 3.05) is 26.5 Å². The van der Waals surface area contributed by atoms with E-state index in [2.05, 4.69) is 0 Å². The molecular weight excluding hydrogens is 340 g/mol. The van der Waals surface area contributed by atoms with Gasteiger partial charge in [-0.3, -0.25) is 4.79 Å². The molecule has 0 saturated carbocycles. The average Bonchev–Trinajstić information content (AvgIpc) is 2.51. The Balaban J connectivity index is 2.32. The number of carbonyl (C=O) groups excluding carboxylic acids is 1. The van der Waals surface area contributed by atoms with E-state index in [1.807, 2.05) is 43.3 Å². The summed E-state index contributed by atoms with van der Waals surface area (Å²) in [7, 11) is -1.84. The molecule has 3 atom stereocenters. The van der Waals surface area contributed by atoms with Crippen LogP contribution in [0.1, 0.15) is 30.9 Å². The molecule has 25 heavy (non-hydrogen) atoms. The maximum Gasteiger partial charge on any atom is 0.220 e. The molecule has 0 aromatic heterocycles. The molecule has 7 heteroatoms.